The topological polar surface area (TPSA) is 79.2 Å². The monoisotopic (exact) mass is 252 g/mol. The van der Waals surface area contributed by atoms with E-state index in [9.17, 15) is 9.90 Å². The third kappa shape index (κ3) is 3.01. The smallest absolute Gasteiger partial charge is 0.320 e. The van der Waals surface area contributed by atoms with Crippen LogP contribution < -0.4 is 10.6 Å². The second-order valence-electron chi connectivity index (χ2n) is 4.85. The molecule has 1 heterocycles. The molecule has 0 aliphatic heterocycles. The van der Waals surface area contributed by atoms with Gasteiger partial charge in [-0.1, -0.05) is 12.8 Å². The second-order valence-corrected chi connectivity index (χ2v) is 4.85. The third-order valence-electron chi connectivity index (χ3n) is 3.40. The van der Waals surface area contributed by atoms with Gasteiger partial charge in [-0.15, -0.1) is 0 Å². The minimum Gasteiger partial charge on any atom is -0.391 e. The Morgan fingerprint density at radius 3 is 2.83 bits per heavy atom. The Morgan fingerprint density at radius 2 is 2.22 bits per heavy atom. The minimum atomic E-state index is -0.435. The number of anilines is 1. The Hall–Kier alpha value is -1.56. The molecule has 2 rings (SSSR count). The van der Waals surface area contributed by atoms with Crippen LogP contribution in [0.4, 0.5) is 10.6 Å². The average Bonchev–Trinajstić information content (AvgIpc) is 2.61. The predicted molar refractivity (Wildman–Crippen MR) is 68.4 cm³/mol. The standard InChI is InChI=1S/C12H20N4O2/c1-8-7-11(15-16(8)2)14-12(18)13-9-5-3-4-6-10(9)17/h7,9-10,17H,3-6H2,1-2H3,(H2,13,14,15,18). The number of amides is 2. The molecule has 2 atom stereocenters. The summed E-state index contributed by atoms with van der Waals surface area (Å²) in [5.74, 6) is 0.526. The molecular formula is C12H20N4O2. The molecule has 0 spiro atoms. The van der Waals surface area contributed by atoms with E-state index in [-0.39, 0.29) is 12.1 Å². The van der Waals surface area contributed by atoms with Crippen molar-refractivity contribution in [3.63, 3.8) is 0 Å². The second kappa shape index (κ2) is 5.39. The molecule has 1 aliphatic rings. The van der Waals surface area contributed by atoms with Crippen molar-refractivity contribution in [2.75, 3.05) is 5.32 Å². The van der Waals surface area contributed by atoms with Gasteiger partial charge in [0.15, 0.2) is 5.82 Å². The fraction of sp³-hybridized carbons (Fsp3) is 0.667. The number of aliphatic hydroxyl groups is 1. The van der Waals surface area contributed by atoms with E-state index in [1.807, 2.05) is 14.0 Å². The van der Waals surface area contributed by atoms with Crippen molar-refractivity contribution in [2.24, 2.45) is 7.05 Å². The summed E-state index contributed by atoms with van der Waals surface area (Å²) in [7, 11) is 1.82. The van der Waals surface area contributed by atoms with Gasteiger partial charge < -0.3 is 10.4 Å². The summed E-state index contributed by atoms with van der Waals surface area (Å²) in [6.45, 7) is 1.92. The lowest BCUT2D eigenvalue weighted by atomic mass is 9.93. The highest BCUT2D eigenvalue weighted by atomic mass is 16.3. The van der Waals surface area contributed by atoms with Crippen LogP contribution in [-0.4, -0.2) is 33.1 Å². The van der Waals surface area contributed by atoms with Crippen molar-refractivity contribution >= 4 is 11.8 Å². The zero-order valence-electron chi connectivity index (χ0n) is 10.8. The van der Waals surface area contributed by atoms with Gasteiger partial charge in [0, 0.05) is 18.8 Å². The molecule has 1 saturated carbocycles. The maximum atomic E-state index is 11.8. The molecule has 1 aromatic heterocycles. The molecule has 100 valence electrons. The third-order valence-corrected chi connectivity index (χ3v) is 3.40. The molecule has 1 aromatic rings. The Labute approximate surface area is 106 Å². The van der Waals surface area contributed by atoms with Crippen molar-refractivity contribution in [3.05, 3.63) is 11.8 Å². The molecule has 6 heteroatoms. The summed E-state index contributed by atoms with van der Waals surface area (Å²) in [5.41, 5.74) is 0.975. The molecule has 2 amide bonds. The number of nitrogens with one attached hydrogen (secondary N) is 2. The summed E-state index contributed by atoms with van der Waals surface area (Å²) in [6.07, 6.45) is 3.23. The Morgan fingerprint density at radius 1 is 1.50 bits per heavy atom. The van der Waals surface area contributed by atoms with Gasteiger partial charge in [0.1, 0.15) is 0 Å². The fourth-order valence-electron chi connectivity index (χ4n) is 2.22. The van der Waals surface area contributed by atoms with Crippen LogP contribution in [0.5, 0.6) is 0 Å². The highest BCUT2D eigenvalue weighted by Crippen LogP contribution is 2.18. The number of carbonyl (C=O) groups excluding carboxylic acids is 1. The number of aryl methyl sites for hydroxylation is 2. The van der Waals surface area contributed by atoms with Crippen molar-refractivity contribution in [1.29, 1.82) is 0 Å². The van der Waals surface area contributed by atoms with Crippen molar-refractivity contribution < 1.29 is 9.90 Å². The van der Waals surface area contributed by atoms with Gasteiger partial charge >= 0.3 is 6.03 Å². The number of hydrogen-bond acceptors (Lipinski definition) is 3. The number of carbonyl (C=O) groups is 1. The van der Waals surface area contributed by atoms with Gasteiger partial charge in [-0.25, -0.2) is 4.79 Å². The predicted octanol–water partition coefficient (Wildman–Crippen LogP) is 1.15. The lowest BCUT2D eigenvalue weighted by Gasteiger charge is -2.28. The van der Waals surface area contributed by atoms with Crippen LogP contribution in [0.15, 0.2) is 6.07 Å². The molecule has 0 saturated heterocycles. The Balaban J connectivity index is 1.88. The molecule has 0 bridgehead atoms. The molecule has 6 nitrogen and oxygen atoms in total. The van der Waals surface area contributed by atoms with Crippen LogP contribution in [0.3, 0.4) is 0 Å². The van der Waals surface area contributed by atoms with Crippen LogP contribution in [0.1, 0.15) is 31.4 Å². The van der Waals surface area contributed by atoms with E-state index in [0.29, 0.717) is 5.82 Å². The molecular weight excluding hydrogens is 232 g/mol. The lowest BCUT2D eigenvalue weighted by Crippen LogP contribution is -2.46. The van der Waals surface area contributed by atoms with Gasteiger partial charge in [0.05, 0.1) is 12.1 Å². The first-order valence-electron chi connectivity index (χ1n) is 6.32. The van der Waals surface area contributed by atoms with E-state index in [4.69, 9.17) is 0 Å². The van der Waals surface area contributed by atoms with Crippen LogP contribution in [0.2, 0.25) is 0 Å². The molecule has 0 aromatic carbocycles. The van der Waals surface area contributed by atoms with Crippen LogP contribution >= 0.6 is 0 Å². The summed E-state index contributed by atoms with van der Waals surface area (Å²) < 4.78 is 1.70. The Bertz CT molecular complexity index is 410. The number of rotatable bonds is 2. The maximum Gasteiger partial charge on any atom is 0.320 e. The van der Waals surface area contributed by atoms with Gasteiger partial charge in [-0.2, -0.15) is 5.10 Å². The van der Waals surface area contributed by atoms with Crippen LogP contribution in [-0.2, 0) is 7.05 Å². The molecule has 1 aliphatic carbocycles. The van der Waals surface area contributed by atoms with E-state index in [2.05, 4.69) is 15.7 Å². The Kier molecular flexibility index (Phi) is 3.86. The first-order chi connectivity index (χ1) is 8.56. The van der Waals surface area contributed by atoms with E-state index in [1.165, 1.54) is 0 Å². The molecule has 3 N–H and O–H groups in total. The number of nitrogens with zero attached hydrogens (tertiary/aromatic N) is 2. The SMILES string of the molecule is Cc1cc(NC(=O)NC2CCCCC2O)nn1C. The van der Waals surface area contributed by atoms with Crippen molar-refractivity contribution in [3.8, 4) is 0 Å². The summed E-state index contributed by atoms with van der Waals surface area (Å²) in [4.78, 5) is 11.8. The van der Waals surface area contributed by atoms with Crippen LogP contribution in [0.25, 0.3) is 0 Å². The van der Waals surface area contributed by atoms with Gasteiger partial charge in [0.25, 0.3) is 0 Å². The average molecular weight is 252 g/mol. The highest BCUT2D eigenvalue weighted by molar-refractivity contribution is 5.88. The van der Waals surface area contributed by atoms with Crippen molar-refractivity contribution in [1.82, 2.24) is 15.1 Å². The molecule has 1 fully saturated rings. The summed E-state index contributed by atoms with van der Waals surface area (Å²) >= 11 is 0. The van der Waals surface area contributed by atoms with E-state index < -0.39 is 6.10 Å². The molecule has 0 radical (unpaired) electrons. The number of hydrogen-bond donors (Lipinski definition) is 3. The first kappa shape index (κ1) is 12.9. The van der Waals surface area contributed by atoms with E-state index in [1.54, 1.807) is 10.7 Å². The summed E-state index contributed by atoms with van der Waals surface area (Å²) in [6, 6.07) is 1.35. The van der Waals surface area contributed by atoms with Crippen LogP contribution in [0, 0.1) is 6.92 Å². The number of aliphatic hydroxyl groups excluding tert-OH is 1. The fourth-order valence-corrected chi connectivity index (χ4v) is 2.22. The van der Waals surface area contributed by atoms with Crippen molar-refractivity contribution in [2.45, 2.75) is 44.8 Å². The minimum absolute atomic E-state index is 0.149. The number of urea groups is 1. The summed E-state index contributed by atoms with van der Waals surface area (Å²) in [5, 5.41) is 19.4. The zero-order chi connectivity index (χ0) is 13.1. The van der Waals surface area contributed by atoms with Gasteiger partial charge in [-0.3, -0.25) is 10.00 Å². The molecule has 2 unspecified atom stereocenters. The van der Waals surface area contributed by atoms with Gasteiger partial charge in [0.2, 0.25) is 0 Å². The van der Waals surface area contributed by atoms with Gasteiger partial charge in [-0.05, 0) is 19.8 Å². The quantitative estimate of drug-likeness (QED) is 0.739. The van der Waals surface area contributed by atoms with E-state index >= 15 is 0 Å². The molecule has 18 heavy (non-hydrogen) atoms. The first-order valence-corrected chi connectivity index (χ1v) is 6.32. The number of aromatic nitrogens is 2. The normalized spacial score (nSPS) is 23.7. The van der Waals surface area contributed by atoms with E-state index in [0.717, 1.165) is 31.4 Å². The largest absolute Gasteiger partial charge is 0.391 e. The highest BCUT2D eigenvalue weighted by Gasteiger charge is 2.24. The zero-order valence-corrected chi connectivity index (χ0v) is 10.8. The lowest BCUT2D eigenvalue weighted by molar-refractivity contribution is 0.0955. The maximum absolute atomic E-state index is 11.8.